The third kappa shape index (κ3) is 3.66. The zero-order valence-electron chi connectivity index (χ0n) is 15.9. The number of fused-ring (bicyclic) bond motifs is 1. The molecule has 0 aliphatic carbocycles. The van der Waals surface area contributed by atoms with Crippen LogP contribution in [0.4, 0.5) is 15.3 Å². The first kappa shape index (κ1) is 18.3. The van der Waals surface area contributed by atoms with E-state index in [9.17, 15) is 14.7 Å². The number of hydrogen-bond donors (Lipinski definition) is 2. The zero-order chi connectivity index (χ0) is 19.7. The van der Waals surface area contributed by atoms with Crippen LogP contribution in [0.3, 0.4) is 0 Å². The van der Waals surface area contributed by atoms with E-state index in [2.05, 4.69) is 17.3 Å². The third-order valence-corrected chi connectivity index (χ3v) is 5.45. The fourth-order valence-corrected chi connectivity index (χ4v) is 3.81. The van der Waals surface area contributed by atoms with Crippen LogP contribution in [0.1, 0.15) is 11.1 Å². The van der Waals surface area contributed by atoms with Crippen LogP contribution < -0.4 is 5.32 Å². The molecule has 7 heteroatoms. The van der Waals surface area contributed by atoms with Crippen LogP contribution in [0, 0.1) is 0 Å². The molecule has 1 fully saturated rings. The van der Waals surface area contributed by atoms with Crippen molar-refractivity contribution < 1.29 is 14.7 Å². The quantitative estimate of drug-likeness (QED) is 0.839. The average Bonchev–Trinajstić information content (AvgIpc) is 3.13. The van der Waals surface area contributed by atoms with Crippen LogP contribution in [0.15, 0.2) is 42.5 Å². The number of nitrogens with one attached hydrogen (secondary N) is 1. The van der Waals surface area contributed by atoms with E-state index < -0.39 is 6.09 Å². The molecule has 3 amide bonds. The molecule has 7 nitrogen and oxygen atoms in total. The average molecular weight is 380 g/mol. The monoisotopic (exact) mass is 380 g/mol. The number of hydrogen-bond acceptors (Lipinski definition) is 3. The highest BCUT2D eigenvalue weighted by atomic mass is 16.4. The first-order chi connectivity index (χ1) is 13.5. The summed E-state index contributed by atoms with van der Waals surface area (Å²) in [5.74, 6) is 0. The summed E-state index contributed by atoms with van der Waals surface area (Å²) in [6, 6.07) is 13.6. The van der Waals surface area contributed by atoms with Crippen molar-refractivity contribution >= 4 is 17.8 Å². The molecular weight excluding hydrogens is 356 g/mol. The molecule has 146 valence electrons. The normalized spacial score (nSPS) is 16.8. The maximum Gasteiger partial charge on any atom is 0.407 e. The summed E-state index contributed by atoms with van der Waals surface area (Å²) in [5.41, 5.74) is 4.63. The lowest BCUT2D eigenvalue weighted by Crippen LogP contribution is -2.48. The van der Waals surface area contributed by atoms with Crippen molar-refractivity contribution in [3.63, 3.8) is 0 Å². The van der Waals surface area contributed by atoms with Gasteiger partial charge in [0, 0.05) is 38.4 Å². The topological polar surface area (TPSA) is 76.1 Å². The molecule has 4 rings (SSSR count). The minimum absolute atomic E-state index is 0.111. The minimum Gasteiger partial charge on any atom is -0.465 e. The van der Waals surface area contributed by atoms with Crippen molar-refractivity contribution in [1.29, 1.82) is 0 Å². The number of rotatable bonds is 2. The molecule has 28 heavy (non-hydrogen) atoms. The molecule has 2 aromatic rings. The van der Waals surface area contributed by atoms with E-state index in [0.29, 0.717) is 31.9 Å². The van der Waals surface area contributed by atoms with E-state index in [-0.39, 0.29) is 6.03 Å². The van der Waals surface area contributed by atoms with E-state index in [0.717, 1.165) is 35.3 Å². The Hall–Kier alpha value is -3.06. The molecule has 0 bridgehead atoms. The van der Waals surface area contributed by atoms with Crippen LogP contribution in [-0.2, 0) is 13.1 Å². The maximum atomic E-state index is 12.7. The fraction of sp³-hybridized carbons (Fsp3) is 0.333. The molecule has 2 aromatic carbocycles. The number of carbonyl (C=O) groups excluding carboxylic acids is 1. The third-order valence-electron chi connectivity index (χ3n) is 5.45. The Morgan fingerprint density at radius 3 is 2.36 bits per heavy atom. The minimum atomic E-state index is -0.932. The maximum absolute atomic E-state index is 12.7. The summed E-state index contributed by atoms with van der Waals surface area (Å²) in [6.45, 7) is 3.82. The summed E-state index contributed by atoms with van der Waals surface area (Å²) >= 11 is 0. The zero-order valence-corrected chi connectivity index (χ0v) is 15.9. The van der Waals surface area contributed by atoms with Crippen LogP contribution in [0.25, 0.3) is 11.1 Å². The summed E-state index contributed by atoms with van der Waals surface area (Å²) in [7, 11) is 2.05. The van der Waals surface area contributed by atoms with Gasteiger partial charge in [0.1, 0.15) is 0 Å². The van der Waals surface area contributed by atoms with Gasteiger partial charge in [0.15, 0.2) is 0 Å². The Labute approximate surface area is 164 Å². The molecular formula is C21H24N4O3. The summed E-state index contributed by atoms with van der Waals surface area (Å²) in [5, 5.41) is 12.4. The Morgan fingerprint density at radius 2 is 1.68 bits per heavy atom. The molecule has 0 aromatic heterocycles. The second-order valence-corrected chi connectivity index (χ2v) is 7.39. The van der Waals surface area contributed by atoms with Gasteiger partial charge in [-0.25, -0.2) is 9.59 Å². The Bertz CT molecular complexity index is 892. The lowest BCUT2D eigenvalue weighted by Gasteiger charge is -2.32. The van der Waals surface area contributed by atoms with Crippen LogP contribution in [-0.4, -0.2) is 65.2 Å². The Balaban J connectivity index is 1.63. The molecule has 1 saturated heterocycles. The number of carboxylic acid groups (broad SMARTS) is 1. The van der Waals surface area contributed by atoms with Crippen molar-refractivity contribution in [2.45, 2.75) is 13.1 Å². The molecule has 2 heterocycles. The molecule has 0 spiro atoms. The van der Waals surface area contributed by atoms with Gasteiger partial charge in [-0.2, -0.15) is 0 Å². The van der Waals surface area contributed by atoms with Gasteiger partial charge >= 0.3 is 12.1 Å². The standard InChI is InChI=1S/C21H24N4O3/c1-23-7-9-24(10-8-23)20(26)22-17-11-16-13-25(21(27)28)14-19(16)18(12-17)15-5-3-2-4-6-15/h2-6,11-12H,7-10,13-14H2,1H3,(H,22,26)(H,27,28). The van der Waals surface area contributed by atoms with Crippen molar-refractivity contribution in [2.24, 2.45) is 0 Å². The van der Waals surface area contributed by atoms with Gasteiger partial charge in [-0.05, 0) is 41.4 Å². The lowest BCUT2D eigenvalue weighted by molar-refractivity contribution is 0.145. The van der Waals surface area contributed by atoms with Gasteiger partial charge < -0.3 is 20.2 Å². The van der Waals surface area contributed by atoms with Gasteiger partial charge in [0.05, 0.1) is 6.54 Å². The number of urea groups is 1. The van der Waals surface area contributed by atoms with Crippen molar-refractivity contribution in [3.8, 4) is 11.1 Å². The predicted molar refractivity (Wildman–Crippen MR) is 107 cm³/mol. The number of carbonyl (C=O) groups is 2. The number of amides is 3. The fourth-order valence-electron chi connectivity index (χ4n) is 3.81. The molecule has 0 atom stereocenters. The summed E-state index contributed by atoms with van der Waals surface area (Å²) in [4.78, 5) is 29.6. The number of nitrogens with zero attached hydrogens (tertiary/aromatic N) is 3. The number of piperazine rings is 1. The Kier molecular flexibility index (Phi) is 4.92. The molecule has 0 unspecified atom stereocenters. The highest BCUT2D eigenvalue weighted by Gasteiger charge is 2.27. The van der Waals surface area contributed by atoms with Crippen molar-refractivity contribution in [2.75, 3.05) is 38.5 Å². The second-order valence-electron chi connectivity index (χ2n) is 7.39. The summed E-state index contributed by atoms with van der Waals surface area (Å²) in [6.07, 6.45) is -0.932. The predicted octanol–water partition coefficient (Wildman–Crippen LogP) is 3.13. The van der Waals surface area contributed by atoms with E-state index in [1.54, 1.807) is 0 Å². The van der Waals surface area contributed by atoms with Crippen LogP contribution >= 0.6 is 0 Å². The van der Waals surface area contributed by atoms with E-state index in [1.807, 2.05) is 47.4 Å². The smallest absolute Gasteiger partial charge is 0.407 e. The summed E-state index contributed by atoms with van der Waals surface area (Å²) < 4.78 is 0. The molecule has 2 N–H and O–H groups in total. The van der Waals surface area contributed by atoms with Crippen LogP contribution in [0.2, 0.25) is 0 Å². The molecule has 2 aliphatic rings. The Morgan fingerprint density at radius 1 is 0.964 bits per heavy atom. The van der Waals surface area contributed by atoms with Crippen molar-refractivity contribution in [1.82, 2.24) is 14.7 Å². The molecule has 0 radical (unpaired) electrons. The highest BCUT2D eigenvalue weighted by molar-refractivity contribution is 5.91. The van der Waals surface area contributed by atoms with Crippen molar-refractivity contribution in [3.05, 3.63) is 53.6 Å². The van der Waals surface area contributed by atoms with E-state index >= 15 is 0 Å². The van der Waals surface area contributed by atoms with Gasteiger partial charge in [0.25, 0.3) is 0 Å². The van der Waals surface area contributed by atoms with Gasteiger partial charge in [-0.3, -0.25) is 4.90 Å². The molecule has 2 aliphatic heterocycles. The first-order valence-corrected chi connectivity index (χ1v) is 9.45. The SMILES string of the molecule is CN1CCN(C(=O)Nc2cc3c(c(-c4ccccc4)c2)CN(C(=O)O)C3)CC1. The first-order valence-electron chi connectivity index (χ1n) is 9.45. The number of anilines is 1. The van der Waals surface area contributed by atoms with Gasteiger partial charge in [-0.15, -0.1) is 0 Å². The number of benzene rings is 2. The highest BCUT2D eigenvalue weighted by Crippen LogP contribution is 2.35. The lowest BCUT2D eigenvalue weighted by atomic mass is 9.96. The van der Waals surface area contributed by atoms with E-state index in [4.69, 9.17) is 0 Å². The van der Waals surface area contributed by atoms with Gasteiger partial charge in [-0.1, -0.05) is 30.3 Å². The van der Waals surface area contributed by atoms with E-state index in [1.165, 1.54) is 4.90 Å². The molecule has 0 saturated carbocycles. The largest absolute Gasteiger partial charge is 0.465 e. The van der Waals surface area contributed by atoms with Gasteiger partial charge in [0.2, 0.25) is 0 Å². The van der Waals surface area contributed by atoms with Crippen LogP contribution in [0.5, 0.6) is 0 Å². The number of likely N-dealkylation sites (N-methyl/N-ethyl adjacent to an activating group) is 1. The second kappa shape index (κ2) is 7.52.